The van der Waals surface area contributed by atoms with Crippen molar-refractivity contribution in [2.75, 3.05) is 0 Å². The first-order chi connectivity index (χ1) is 10.5. The molecule has 0 fully saturated rings. The molecule has 4 aromatic rings. The molecule has 1 aromatic carbocycles. The smallest absolute Gasteiger partial charge is 0.346 e. The molecule has 0 radical (unpaired) electrons. The first kappa shape index (κ1) is 12.9. The Kier molecular flexibility index (Phi) is 2.53. The van der Waals surface area contributed by atoms with Gasteiger partial charge in [-0.05, 0) is 29.8 Å². The number of H-pyrrole nitrogens is 2. The lowest BCUT2D eigenvalue weighted by Gasteiger charge is -2.10. The zero-order valence-corrected chi connectivity index (χ0v) is 11.1. The van der Waals surface area contributed by atoms with E-state index < -0.39 is 11.7 Å². The van der Waals surface area contributed by atoms with Crippen molar-refractivity contribution in [2.45, 2.75) is 6.18 Å². The lowest BCUT2D eigenvalue weighted by atomic mass is 9.99. The Hall–Kier alpha value is -2.83. The fraction of sp³-hybridized carbons (Fsp3) is 0.0667. The van der Waals surface area contributed by atoms with Crippen molar-refractivity contribution in [3.05, 3.63) is 48.4 Å². The van der Waals surface area contributed by atoms with E-state index in [9.17, 15) is 13.2 Å². The molecule has 7 heteroatoms. The number of halogens is 3. The van der Waals surface area contributed by atoms with Crippen LogP contribution in [0.2, 0.25) is 0 Å². The highest BCUT2D eigenvalue weighted by molar-refractivity contribution is 5.96. The predicted octanol–water partition coefficient (Wildman–Crippen LogP) is 4.13. The van der Waals surface area contributed by atoms with E-state index in [1.807, 2.05) is 6.07 Å². The Morgan fingerprint density at radius 2 is 1.91 bits per heavy atom. The molecule has 3 heterocycles. The van der Waals surface area contributed by atoms with Gasteiger partial charge in [0.1, 0.15) is 5.65 Å². The van der Waals surface area contributed by atoms with Crippen molar-refractivity contribution < 1.29 is 13.2 Å². The van der Waals surface area contributed by atoms with Crippen LogP contribution in [0.3, 0.4) is 0 Å². The summed E-state index contributed by atoms with van der Waals surface area (Å²) < 4.78 is 39.2. The lowest BCUT2D eigenvalue weighted by molar-refractivity contribution is -0.137. The van der Waals surface area contributed by atoms with Crippen LogP contribution < -0.4 is 0 Å². The van der Waals surface area contributed by atoms with Gasteiger partial charge in [0.15, 0.2) is 0 Å². The normalized spacial score (nSPS) is 12.3. The highest BCUT2D eigenvalue weighted by Gasteiger charge is 2.31. The van der Waals surface area contributed by atoms with Crippen LogP contribution in [0.1, 0.15) is 5.56 Å². The zero-order chi connectivity index (χ0) is 15.3. The third kappa shape index (κ3) is 1.93. The van der Waals surface area contributed by atoms with Crippen LogP contribution in [0.4, 0.5) is 13.2 Å². The summed E-state index contributed by atoms with van der Waals surface area (Å²) in [6.07, 6.45) is 0.396. The number of hydrogen-bond donors (Lipinski definition) is 2. The SMILES string of the molecule is FC(F)(F)c1cc(-c2cnc3[nH]ccc3c2)c2cn[nH]c2c1. The van der Waals surface area contributed by atoms with E-state index in [-0.39, 0.29) is 0 Å². The number of benzene rings is 1. The van der Waals surface area contributed by atoms with Gasteiger partial charge in [-0.2, -0.15) is 18.3 Å². The number of hydrogen-bond acceptors (Lipinski definition) is 2. The number of fused-ring (bicyclic) bond motifs is 2. The summed E-state index contributed by atoms with van der Waals surface area (Å²) in [6, 6.07) is 5.83. The van der Waals surface area contributed by atoms with Gasteiger partial charge in [0, 0.05) is 28.7 Å². The number of rotatable bonds is 1. The highest BCUT2D eigenvalue weighted by Crippen LogP contribution is 2.36. The fourth-order valence-corrected chi connectivity index (χ4v) is 2.54. The number of nitrogens with one attached hydrogen (secondary N) is 2. The molecule has 2 N–H and O–H groups in total. The van der Waals surface area contributed by atoms with E-state index in [0.717, 1.165) is 17.5 Å². The molecule has 110 valence electrons. The number of aromatic nitrogens is 4. The minimum atomic E-state index is -4.42. The van der Waals surface area contributed by atoms with E-state index in [4.69, 9.17) is 0 Å². The average Bonchev–Trinajstić information content (AvgIpc) is 3.13. The standard InChI is InChI=1S/C15H9F3N4/c16-15(17,18)10-4-11(12-7-21-22-13(12)5-10)9-3-8-1-2-19-14(8)20-6-9/h1-7H,(H,19,20)(H,21,22). The molecule has 0 bridgehead atoms. The second-order valence-electron chi connectivity index (χ2n) is 4.99. The van der Waals surface area contributed by atoms with Crippen LogP contribution in [-0.4, -0.2) is 20.2 Å². The maximum Gasteiger partial charge on any atom is 0.416 e. The molecule has 0 aliphatic heterocycles. The Bertz CT molecular complexity index is 981. The summed E-state index contributed by atoms with van der Waals surface area (Å²) >= 11 is 0. The minimum absolute atomic E-state index is 0.346. The molecule has 0 unspecified atom stereocenters. The number of aromatic amines is 2. The zero-order valence-electron chi connectivity index (χ0n) is 11.1. The van der Waals surface area contributed by atoms with Crippen molar-refractivity contribution >= 4 is 21.9 Å². The predicted molar refractivity (Wildman–Crippen MR) is 76.2 cm³/mol. The van der Waals surface area contributed by atoms with Crippen molar-refractivity contribution in [3.63, 3.8) is 0 Å². The van der Waals surface area contributed by atoms with E-state index in [0.29, 0.717) is 27.7 Å². The number of nitrogens with zero attached hydrogens (tertiary/aromatic N) is 2. The Morgan fingerprint density at radius 1 is 1.05 bits per heavy atom. The largest absolute Gasteiger partial charge is 0.416 e. The van der Waals surface area contributed by atoms with Crippen LogP contribution in [0, 0.1) is 0 Å². The van der Waals surface area contributed by atoms with Crippen molar-refractivity contribution in [3.8, 4) is 11.1 Å². The first-order valence-electron chi connectivity index (χ1n) is 6.50. The van der Waals surface area contributed by atoms with Gasteiger partial charge in [-0.3, -0.25) is 5.10 Å². The monoisotopic (exact) mass is 302 g/mol. The Morgan fingerprint density at radius 3 is 2.73 bits per heavy atom. The molecular formula is C15H9F3N4. The molecule has 0 saturated carbocycles. The quantitative estimate of drug-likeness (QED) is 0.555. The molecule has 0 amide bonds. The van der Waals surface area contributed by atoms with Crippen molar-refractivity contribution in [1.29, 1.82) is 0 Å². The second kappa shape index (κ2) is 4.33. The summed E-state index contributed by atoms with van der Waals surface area (Å²) in [5.74, 6) is 0. The molecule has 0 spiro atoms. The molecular weight excluding hydrogens is 293 g/mol. The number of pyridine rings is 1. The van der Waals surface area contributed by atoms with Gasteiger partial charge in [0.05, 0.1) is 17.3 Å². The maximum absolute atomic E-state index is 13.1. The van der Waals surface area contributed by atoms with Crippen molar-refractivity contribution in [2.24, 2.45) is 0 Å². The summed E-state index contributed by atoms with van der Waals surface area (Å²) in [4.78, 5) is 7.19. The molecule has 4 rings (SSSR count). The van der Waals surface area contributed by atoms with Gasteiger partial charge in [0.2, 0.25) is 0 Å². The van der Waals surface area contributed by atoms with E-state index in [1.54, 1.807) is 18.5 Å². The van der Waals surface area contributed by atoms with Gasteiger partial charge >= 0.3 is 6.18 Å². The van der Waals surface area contributed by atoms with Crippen LogP contribution >= 0.6 is 0 Å². The second-order valence-corrected chi connectivity index (χ2v) is 4.99. The van der Waals surface area contributed by atoms with Gasteiger partial charge in [-0.1, -0.05) is 0 Å². The Balaban J connectivity index is 2.01. The van der Waals surface area contributed by atoms with Gasteiger partial charge in [-0.15, -0.1) is 0 Å². The van der Waals surface area contributed by atoms with Crippen LogP contribution in [0.5, 0.6) is 0 Å². The Labute approximate surface area is 122 Å². The third-order valence-corrected chi connectivity index (χ3v) is 3.60. The van der Waals surface area contributed by atoms with E-state index in [2.05, 4.69) is 20.2 Å². The lowest BCUT2D eigenvalue weighted by Crippen LogP contribution is -2.05. The summed E-state index contributed by atoms with van der Waals surface area (Å²) in [7, 11) is 0. The van der Waals surface area contributed by atoms with Crippen LogP contribution in [0.25, 0.3) is 33.1 Å². The topological polar surface area (TPSA) is 57.4 Å². The molecule has 4 nitrogen and oxygen atoms in total. The highest BCUT2D eigenvalue weighted by atomic mass is 19.4. The first-order valence-corrected chi connectivity index (χ1v) is 6.50. The van der Waals surface area contributed by atoms with Gasteiger partial charge in [-0.25, -0.2) is 4.98 Å². The summed E-state index contributed by atoms with van der Waals surface area (Å²) in [5.41, 5.74) is 1.39. The van der Waals surface area contributed by atoms with Gasteiger partial charge in [0.25, 0.3) is 0 Å². The van der Waals surface area contributed by atoms with E-state index >= 15 is 0 Å². The minimum Gasteiger partial charge on any atom is -0.346 e. The molecule has 0 saturated heterocycles. The molecule has 22 heavy (non-hydrogen) atoms. The molecule has 0 atom stereocenters. The summed E-state index contributed by atoms with van der Waals surface area (Å²) in [6.45, 7) is 0. The van der Waals surface area contributed by atoms with Crippen molar-refractivity contribution in [1.82, 2.24) is 20.2 Å². The molecule has 3 aromatic heterocycles. The van der Waals surface area contributed by atoms with Gasteiger partial charge < -0.3 is 4.98 Å². The third-order valence-electron chi connectivity index (χ3n) is 3.60. The fourth-order valence-electron chi connectivity index (χ4n) is 2.54. The van der Waals surface area contributed by atoms with E-state index in [1.165, 1.54) is 6.20 Å². The van der Waals surface area contributed by atoms with Crippen LogP contribution in [0.15, 0.2) is 42.9 Å². The maximum atomic E-state index is 13.1. The van der Waals surface area contributed by atoms with Crippen LogP contribution in [-0.2, 0) is 6.18 Å². The summed E-state index contributed by atoms with van der Waals surface area (Å²) in [5, 5.41) is 7.91. The average molecular weight is 302 g/mol. The number of alkyl halides is 3. The molecule has 0 aliphatic carbocycles. The molecule has 0 aliphatic rings.